The number of nitrogens with two attached hydrogens (primary N) is 1. The molecule has 0 bridgehead atoms. The minimum atomic E-state index is -0.681. The zero-order chi connectivity index (χ0) is 17.0. The zero-order valence-electron chi connectivity index (χ0n) is 13.0. The van der Waals surface area contributed by atoms with Crippen molar-refractivity contribution in [2.75, 3.05) is 5.73 Å². The Kier molecular flexibility index (Phi) is 5.73. The molecule has 1 heterocycles. The van der Waals surface area contributed by atoms with Crippen molar-refractivity contribution in [2.45, 2.75) is 26.9 Å². The van der Waals surface area contributed by atoms with Crippen LogP contribution >= 0.6 is 27.5 Å². The lowest BCUT2D eigenvalue weighted by Crippen LogP contribution is -2.34. The fourth-order valence-electron chi connectivity index (χ4n) is 1.91. The molecule has 0 saturated heterocycles. The smallest absolute Gasteiger partial charge is 0.280 e. The number of benzene rings is 1. The monoisotopic (exact) mass is 396 g/mol. The normalized spacial score (nSPS) is 12.8. The van der Waals surface area contributed by atoms with Gasteiger partial charge in [0.05, 0.1) is 17.0 Å². The van der Waals surface area contributed by atoms with Gasteiger partial charge in [-0.3, -0.25) is 4.79 Å². The molecule has 1 amide bonds. The number of nitrogens with zero attached hydrogens (tertiary/aromatic N) is 2. The number of carbonyl (C=O) groups is 1. The van der Waals surface area contributed by atoms with E-state index < -0.39 is 6.10 Å². The number of halogens is 1. The summed E-state index contributed by atoms with van der Waals surface area (Å²) in [6.45, 7) is 5.28. The molecule has 3 N–H and O–H groups in total. The highest BCUT2D eigenvalue weighted by molar-refractivity contribution is 9.10. The number of hydrogen-bond acceptors (Lipinski definition) is 6. The van der Waals surface area contributed by atoms with Crippen LogP contribution in [-0.4, -0.2) is 22.1 Å². The second-order valence-electron chi connectivity index (χ2n) is 4.90. The van der Waals surface area contributed by atoms with E-state index in [9.17, 15) is 4.79 Å². The van der Waals surface area contributed by atoms with Gasteiger partial charge in [-0.2, -0.15) is 9.47 Å². The Balaban J connectivity index is 2.00. The van der Waals surface area contributed by atoms with Crippen LogP contribution in [0.3, 0.4) is 0 Å². The third-order valence-electron chi connectivity index (χ3n) is 3.06. The Morgan fingerprint density at radius 1 is 1.52 bits per heavy atom. The molecule has 0 unspecified atom stereocenters. The van der Waals surface area contributed by atoms with Gasteiger partial charge in [-0.1, -0.05) is 22.0 Å². The van der Waals surface area contributed by atoms with E-state index in [4.69, 9.17) is 10.5 Å². The van der Waals surface area contributed by atoms with Gasteiger partial charge in [0.1, 0.15) is 10.8 Å². The average molecular weight is 397 g/mol. The van der Waals surface area contributed by atoms with Crippen molar-refractivity contribution >= 4 is 44.1 Å². The minimum absolute atomic E-state index is 0.344. The molecular formula is C15H17BrN4O2S. The Bertz CT molecular complexity index is 725. The number of rotatable bonds is 5. The van der Waals surface area contributed by atoms with Gasteiger partial charge in [0, 0.05) is 4.47 Å². The lowest BCUT2D eigenvalue weighted by atomic mass is 10.2. The second kappa shape index (κ2) is 7.56. The number of anilines is 1. The molecule has 122 valence electrons. The number of ether oxygens (including phenoxy) is 1. The molecule has 23 heavy (non-hydrogen) atoms. The Hall–Kier alpha value is -1.93. The molecule has 0 saturated carbocycles. The SMILES string of the molecule is C/C(=N/NC(=O)[C@@H](C)Oc1cccc(Br)c1)c1c(C)nsc1N. The van der Waals surface area contributed by atoms with E-state index in [1.807, 2.05) is 19.1 Å². The summed E-state index contributed by atoms with van der Waals surface area (Å²) in [5.41, 5.74) is 10.5. The van der Waals surface area contributed by atoms with Gasteiger partial charge < -0.3 is 10.5 Å². The Morgan fingerprint density at radius 3 is 2.87 bits per heavy atom. The molecule has 0 radical (unpaired) electrons. The van der Waals surface area contributed by atoms with Crippen LogP contribution in [0.4, 0.5) is 5.00 Å². The number of hydrazone groups is 1. The van der Waals surface area contributed by atoms with Crippen LogP contribution in [0.1, 0.15) is 25.1 Å². The van der Waals surface area contributed by atoms with Crippen molar-refractivity contribution in [3.8, 4) is 5.75 Å². The van der Waals surface area contributed by atoms with Gasteiger partial charge in [0.2, 0.25) is 0 Å². The number of amides is 1. The fourth-order valence-corrected chi connectivity index (χ4v) is 3.00. The first-order valence-electron chi connectivity index (χ1n) is 6.87. The number of hydrogen-bond donors (Lipinski definition) is 2. The maximum atomic E-state index is 12.1. The molecule has 2 rings (SSSR count). The summed E-state index contributed by atoms with van der Waals surface area (Å²) >= 11 is 4.56. The minimum Gasteiger partial charge on any atom is -0.481 e. The molecule has 8 heteroatoms. The van der Waals surface area contributed by atoms with E-state index in [2.05, 4.69) is 30.8 Å². The van der Waals surface area contributed by atoms with Gasteiger partial charge in [-0.05, 0) is 50.5 Å². The molecule has 1 aromatic heterocycles. The lowest BCUT2D eigenvalue weighted by Gasteiger charge is -2.13. The highest BCUT2D eigenvalue weighted by Gasteiger charge is 2.16. The van der Waals surface area contributed by atoms with Crippen LogP contribution in [0, 0.1) is 6.92 Å². The largest absolute Gasteiger partial charge is 0.481 e. The average Bonchev–Trinajstić information content (AvgIpc) is 2.83. The summed E-state index contributed by atoms with van der Waals surface area (Å²) in [5.74, 6) is 0.258. The predicted molar refractivity (Wildman–Crippen MR) is 95.8 cm³/mol. The molecule has 0 spiro atoms. The van der Waals surface area contributed by atoms with Gasteiger partial charge in [-0.15, -0.1) is 0 Å². The molecule has 2 aromatic rings. The molecule has 0 aliphatic carbocycles. The highest BCUT2D eigenvalue weighted by atomic mass is 79.9. The van der Waals surface area contributed by atoms with Gasteiger partial charge in [-0.25, -0.2) is 5.43 Å². The summed E-state index contributed by atoms with van der Waals surface area (Å²) in [5, 5.41) is 4.66. The number of aryl methyl sites for hydroxylation is 1. The topological polar surface area (TPSA) is 89.6 Å². The van der Waals surface area contributed by atoms with Crippen molar-refractivity contribution in [1.29, 1.82) is 0 Å². The van der Waals surface area contributed by atoms with Crippen molar-refractivity contribution in [1.82, 2.24) is 9.80 Å². The molecule has 0 fully saturated rings. The van der Waals surface area contributed by atoms with Crippen molar-refractivity contribution in [3.63, 3.8) is 0 Å². The molecule has 6 nitrogen and oxygen atoms in total. The maximum absolute atomic E-state index is 12.1. The van der Waals surface area contributed by atoms with Crippen LogP contribution in [0.5, 0.6) is 5.75 Å². The number of carbonyl (C=O) groups excluding carboxylic acids is 1. The van der Waals surface area contributed by atoms with Crippen LogP contribution in [-0.2, 0) is 4.79 Å². The first kappa shape index (κ1) is 17.4. The standard InChI is InChI=1S/C15H17BrN4O2S/c1-8(13-9(2)20-23-14(13)17)18-19-15(21)10(3)22-12-6-4-5-11(16)7-12/h4-7,10H,17H2,1-3H3,(H,19,21)/b18-8-/t10-/m1/s1. The summed E-state index contributed by atoms with van der Waals surface area (Å²) in [6, 6.07) is 7.29. The molecule has 1 atom stereocenters. The van der Waals surface area contributed by atoms with E-state index in [0.29, 0.717) is 16.5 Å². The summed E-state index contributed by atoms with van der Waals surface area (Å²) in [6.07, 6.45) is -0.681. The van der Waals surface area contributed by atoms with E-state index >= 15 is 0 Å². The molecule has 0 aliphatic rings. The van der Waals surface area contributed by atoms with E-state index in [1.165, 1.54) is 11.5 Å². The fraction of sp³-hybridized carbons (Fsp3) is 0.267. The molecule has 0 aliphatic heterocycles. The predicted octanol–water partition coefficient (Wildman–Crippen LogP) is 3.10. The number of nitrogen functional groups attached to an aromatic ring is 1. The van der Waals surface area contributed by atoms with Crippen LogP contribution in [0.15, 0.2) is 33.8 Å². The van der Waals surface area contributed by atoms with Crippen molar-refractivity contribution < 1.29 is 9.53 Å². The van der Waals surface area contributed by atoms with Crippen LogP contribution in [0.2, 0.25) is 0 Å². The van der Waals surface area contributed by atoms with Gasteiger partial charge >= 0.3 is 0 Å². The third kappa shape index (κ3) is 4.52. The maximum Gasteiger partial charge on any atom is 0.280 e. The summed E-state index contributed by atoms with van der Waals surface area (Å²) in [4.78, 5) is 12.1. The zero-order valence-corrected chi connectivity index (χ0v) is 15.4. The van der Waals surface area contributed by atoms with Crippen molar-refractivity contribution in [3.05, 3.63) is 40.0 Å². The number of nitrogens with one attached hydrogen (secondary N) is 1. The lowest BCUT2D eigenvalue weighted by molar-refractivity contribution is -0.127. The third-order valence-corrected chi connectivity index (χ3v) is 4.32. The highest BCUT2D eigenvalue weighted by Crippen LogP contribution is 2.21. The van der Waals surface area contributed by atoms with Crippen molar-refractivity contribution in [2.24, 2.45) is 5.10 Å². The molecule has 1 aromatic carbocycles. The van der Waals surface area contributed by atoms with Crippen LogP contribution in [0.25, 0.3) is 0 Å². The first-order valence-corrected chi connectivity index (χ1v) is 8.43. The van der Waals surface area contributed by atoms with E-state index in [0.717, 1.165) is 15.7 Å². The van der Waals surface area contributed by atoms with Crippen LogP contribution < -0.4 is 15.9 Å². The summed E-state index contributed by atoms with van der Waals surface area (Å²) < 4.78 is 10.6. The summed E-state index contributed by atoms with van der Waals surface area (Å²) in [7, 11) is 0. The Labute approximate surface area is 147 Å². The number of aromatic nitrogens is 1. The molecular weight excluding hydrogens is 380 g/mol. The quantitative estimate of drug-likeness (QED) is 0.599. The second-order valence-corrected chi connectivity index (χ2v) is 6.62. The van der Waals surface area contributed by atoms with Gasteiger partial charge in [0.25, 0.3) is 5.91 Å². The Morgan fingerprint density at radius 2 is 2.26 bits per heavy atom. The van der Waals surface area contributed by atoms with E-state index in [1.54, 1.807) is 26.0 Å². The first-order chi connectivity index (χ1) is 10.9. The van der Waals surface area contributed by atoms with E-state index in [-0.39, 0.29) is 5.91 Å². The van der Waals surface area contributed by atoms with Gasteiger partial charge in [0.15, 0.2) is 6.10 Å².